The average Bonchev–Trinajstić information content (AvgIpc) is 2.62. The van der Waals surface area contributed by atoms with Gasteiger partial charge in [0, 0.05) is 19.2 Å². The van der Waals surface area contributed by atoms with Gasteiger partial charge in [-0.3, -0.25) is 9.59 Å². The monoisotopic (exact) mass is 260 g/mol. The Kier molecular flexibility index (Phi) is 4.20. The Balaban J connectivity index is 2.09. The molecule has 1 N–H and O–H groups in total. The molecule has 2 rings (SSSR count). The number of amides is 2. The minimum atomic E-state index is -0.388. The lowest BCUT2D eigenvalue weighted by Gasteiger charge is -2.23. The van der Waals surface area contributed by atoms with Crippen LogP contribution < -0.4 is 10.2 Å². The second kappa shape index (κ2) is 5.87. The van der Waals surface area contributed by atoms with Gasteiger partial charge >= 0.3 is 0 Å². The molecule has 0 aromatic heterocycles. The number of carbonyl (C=O) groups is 2. The predicted molar refractivity (Wildman–Crippen MR) is 75.0 cm³/mol. The first-order chi connectivity index (χ1) is 9.08. The van der Waals surface area contributed by atoms with Gasteiger partial charge in [-0.05, 0) is 31.9 Å². The van der Waals surface area contributed by atoms with Crippen molar-refractivity contribution in [2.75, 3.05) is 11.9 Å². The van der Waals surface area contributed by atoms with Crippen LogP contribution in [0.5, 0.6) is 0 Å². The van der Waals surface area contributed by atoms with Crippen molar-refractivity contribution in [2.24, 2.45) is 0 Å². The number of anilines is 1. The molecule has 0 spiro atoms. The fraction of sp³-hybridized carbons (Fsp3) is 0.467. The minimum absolute atomic E-state index is 0.0202. The van der Waals surface area contributed by atoms with Gasteiger partial charge in [0.1, 0.15) is 6.04 Å². The molecular weight excluding hydrogens is 240 g/mol. The van der Waals surface area contributed by atoms with Crippen molar-refractivity contribution in [3.63, 3.8) is 0 Å². The summed E-state index contributed by atoms with van der Waals surface area (Å²) in [5, 5.41) is 2.81. The Labute approximate surface area is 113 Å². The highest BCUT2D eigenvalue weighted by molar-refractivity contribution is 5.98. The van der Waals surface area contributed by atoms with E-state index in [1.54, 1.807) is 11.9 Å². The Bertz CT molecular complexity index is 468. The highest BCUT2D eigenvalue weighted by atomic mass is 16.2. The lowest BCUT2D eigenvalue weighted by Crippen LogP contribution is -2.46. The van der Waals surface area contributed by atoms with Gasteiger partial charge in [-0.2, -0.15) is 0 Å². The molecule has 1 aliphatic rings. The van der Waals surface area contributed by atoms with Crippen LogP contribution in [-0.4, -0.2) is 24.9 Å². The summed E-state index contributed by atoms with van der Waals surface area (Å²) < 4.78 is 0. The number of carbonyl (C=O) groups excluding carboxylic acids is 2. The van der Waals surface area contributed by atoms with E-state index in [9.17, 15) is 9.59 Å². The average molecular weight is 260 g/mol. The smallest absolute Gasteiger partial charge is 0.249 e. The highest BCUT2D eigenvalue weighted by Gasteiger charge is 2.26. The summed E-state index contributed by atoms with van der Waals surface area (Å²) in [6, 6.07) is 7.41. The van der Waals surface area contributed by atoms with Crippen LogP contribution >= 0.6 is 0 Å². The van der Waals surface area contributed by atoms with Crippen molar-refractivity contribution in [3.8, 4) is 0 Å². The Morgan fingerprint density at radius 1 is 1.26 bits per heavy atom. The molecule has 4 heteroatoms. The van der Waals surface area contributed by atoms with Gasteiger partial charge < -0.3 is 10.2 Å². The van der Waals surface area contributed by atoms with Crippen molar-refractivity contribution in [1.82, 2.24) is 5.32 Å². The van der Waals surface area contributed by atoms with E-state index in [1.165, 1.54) is 0 Å². The second-order valence-corrected chi connectivity index (χ2v) is 5.10. The zero-order valence-corrected chi connectivity index (χ0v) is 11.5. The van der Waals surface area contributed by atoms with Crippen molar-refractivity contribution < 1.29 is 9.59 Å². The van der Waals surface area contributed by atoms with Gasteiger partial charge in [0.25, 0.3) is 0 Å². The first kappa shape index (κ1) is 13.6. The SMILES string of the molecule is Cc1ccc(N(C)C(=O)C2CCCCC(=O)N2)cc1. The van der Waals surface area contributed by atoms with Crippen molar-refractivity contribution in [2.45, 2.75) is 38.6 Å². The predicted octanol–water partition coefficient (Wildman–Crippen LogP) is 2.02. The van der Waals surface area contributed by atoms with E-state index in [0.29, 0.717) is 6.42 Å². The van der Waals surface area contributed by atoms with Crippen molar-refractivity contribution >= 4 is 17.5 Å². The van der Waals surface area contributed by atoms with Crippen LogP contribution in [0.1, 0.15) is 31.2 Å². The Morgan fingerprint density at radius 2 is 1.95 bits per heavy atom. The number of hydrogen-bond acceptors (Lipinski definition) is 2. The maximum Gasteiger partial charge on any atom is 0.249 e. The summed E-state index contributed by atoms with van der Waals surface area (Å²) in [5.74, 6) is -0.0627. The third kappa shape index (κ3) is 3.34. The summed E-state index contributed by atoms with van der Waals surface area (Å²) in [4.78, 5) is 25.5. The zero-order chi connectivity index (χ0) is 13.8. The zero-order valence-electron chi connectivity index (χ0n) is 11.5. The van der Waals surface area contributed by atoms with Gasteiger partial charge in [0.15, 0.2) is 0 Å². The van der Waals surface area contributed by atoms with E-state index < -0.39 is 0 Å². The fourth-order valence-electron chi connectivity index (χ4n) is 2.29. The molecule has 4 nitrogen and oxygen atoms in total. The molecule has 0 saturated carbocycles. The van der Waals surface area contributed by atoms with Gasteiger partial charge in [-0.15, -0.1) is 0 Å². The maximum absolute atomic E-state index is 12.4. The number of nitrogens with zero attached hydrogens (tertiary/aromatic N) is 1. The molecule has 1 fully saturated rings. The fourth-order valence-corrected chi connectivity index (χ4v) is 2.29. The van der Waals surface area contributed by atoms with Crippen LogP contribution in [0.4, 0.5) is 5.69 Å². The summed E-state index contributed by atoms with van der Waals surface area (Å²) >= 11 is 0. The molecule has 0 radical (unpaired) electrons. The second-order valence-electron chi connectivity index (χ2n) is 5.10. The first-order valence-electron chi connectivity index (χ1n) is 6.71. The molecule has 1 saturated heterocycles. The van der Waals surface area contributed by atoms with Crippen LogP contribution in [0.2, 0.25) is 0 Å². The molecule has 0 aliphatic carbocycles. The van der Waals surface area contributed by atoms with Gasteiger partial charge in [-0.25, -0.2) is 0 Å². The largest absolute Gasteiger partial charge is 0.344 e. The number of aryl methyl sites for hydroxylation is 1. The standard InChI is InChI=1S/C15H20N2O2/c1-11-7-9-12(10-8-11)17(2)15(19)13-5-3-4-6-14(18)16-13/h7-10,13H,3-6H2,1-2H3,(H,16,18). The normalized spacial score (nSPS) is 19.5. The molecule has 1 aromatic carbocycles. The number of nitrogens with one attached hydrogen (secondary N) is 1. The maximum atomic E-state index is 12.4. The number of hydrogen-bond donors (Lipinski definition) is 1. The lowest BCUT2D eigenvalue weighted by atomic mass is 10.1. The third-order valence-corrected chi connectivity index (χ3v) is 3.53. The molecule has 1 unspecified atom stereocenters. The summed E-state index contributed by atoms with van der Waals surface area (Å²) in [5.41, 5.74) is 2.02. The summed E-state index contributed by atoms with van der Waals surface area (Å²) in [7, 11) is 1.75. The van der Waals surface area contributed by atoms with Crippen molar-refractivity contribution in [1.29, 1.82) is 0 Å². The van der Waals surface area contributed by atoms with E-state index in [0.717, 1.165) is 30.5 Å². The first-order valence-corrected chi connectivity index (χ1v) is 6.71. The number of rotatable bonds is 2. The van der Waals surface area contributed by atoms with E-state index in [1.807, 2.05) is 31.2 Å². The number of likely N-dealkylation sites (N-methyl/N-ethyl adjacent to an activating group) is 1. The molecule has 2 amide bonds. The van der Waals surface area contributed by atoms with E-state index in [-0.39, 0.29) is 17.9 Å². The summed E-state index contributed by atoms with van der Waals surface area (Å²) in [6.45, 7) is 2.01. The molecular formula is C15H20N2O2. The molecule has 1 heterocycles. The van der Waals surface area contributed by atoms with E-state index in [2.05, 4.69) is 5.32 Å². The molecule has 1 aromatic rings. The molecule has 0 bridgehead atoms. The van der Waals surface area contributed by atoms with Crippen molar-refractivity contribution in [3.05, 3.63) is 29.8 Å². The molecule has 102 valence electrons. The topological polar surface area (TPSA) is 49.4 Å². The van der Waals surface area contributed by atoms with E-state index in [4.69, 9.17) is 0 Å². The van der Waals surface area contributed by atoms with Crippen LogP contribution in [-0.2, 0) is 9.59 Å². The van der Waals surface area contributed by atoms with Crippen LogP contribution in [0.3, 0.4) is 0 Å². The molecule has 19 heavy (non-hydrogen) atoms. The van der Waals surface area contributed by atoms with Gasteiger partial charge in [0.05, 0.1) is 0 Å². The van der Waals surface area contributed by atoms with Gasteiger partial charge in [0.2, 0.25) is 11.8 Å². The lowest BCUT2D eigenvalue weighted by molar-refractivity contribution is -0.126. The number of benzene rings is 1. The molecule has 1 atom stereocenters. The summed E-state index contributed by atoms with van der Waals surface area (Å²) in [6.07, 6.45) is 3.03. The van der Waals surface area contributed by atoms with Crippen LogP contribution in [0.25, 0.3) is 0 Å². The van der Waals surface area contributed by atoms with Crippen LogP contribution in [0, 0.1) is 6.92 Å². The Hall–Kier alpha value is -1.84. The molecule has 1 aliphatic heterocycles. The van der Waals surface area contributed by atoms with Crippen LogP contribution in [0.15, 0.2) is 24.3 Å². The highest BCUT2D eigenvalue weighted by Crippen LogP contribution is 2.17. The van der Waals surface area contributed by atoms with Gasteiger partial charge in [-0.1, -0.05) is 24.1 Å². The quantitative estimate of drug-likeness (QED) is 0.884. The Morgan fingerprint density at radius 3 is 2.63 bits per heavy atom. The van der Waals surface area contributed by atoms with E-state index >= 15 is 0 Å². The minimum Gasteiger partial charge on any atom is -0.344 e. The third-order valence-electron chi connectivity index (χ3n) is 3.53.